The second kappa shape index (κ2) is 5.00. The van der Waals surface area contributed by atoms with Crippen LogP contribution in [0.5, 0.6) is 0 Å². The summed E-state index contributed by atoms with van der Waals surface area (Å²) in [7, 11) is 0. The Morgan fingerprint density at radius 3 is 2.10 bits per heavy atom. The van der Waals surface area contributed by atoms with Crippen molar-refractivity contribution in [3.05, 3.63) is 35.4 Å². The minimum Gasteiger partial charge on any atom is -0.375 e. The van der Waals surface area contributed by atoms with Crippen molar-refractivity contribution < 1.29 is 9.53 Å². The molecule has 2 bridgehead atoms. The third-order valence-electron chi connectivity index (χ3n) is 4.70. The van der Waals surface area contributed by atoms with Gasteiger partial charge in [-0.05, 0) is 36.7 Å². The lowest BCUT2D eigenvalue weighted by Crippen LogP contribution is -2.30. The van der Waals surface area contributed by atoms with Crippen molar-refractivity contribution in [2.45, 2.75) is 64.1 Å². The van der Waals surface area contributed by atoms with Crippen molar-refractivity contribution in [1.29, 1.82) is 0 Å². The van der Waals surface area contributed by atoms with Crippen LogP contribution in [0.15, 0.2) is 24.3 Å². The fourth-order valence-corrected chi connectivity index (χ4v) is 3.44. The zero-order valence-corrected chi connectivity index (χ0v) is 12.7. The molecule has 1 aromatic carbocycles. The van der Waals surface area contributed by atoms with E-state index in [-0.39, 0.29) is 11.3 Å². The molecule has 0 N–H and O–H groups in total. The van der Waals surface area contributed by atoms with Crippen LogP contribution < -0.4 is 0 Å². The van der Waals surface area contributed by atoms with Crippen molar-refractivity contribution in [1.82, 2.24) is 0 Å². The summed E-state index contributed by atoms with van der Waals surface area (Å²) >= 11 is 0. The Morgan fingerprint density at radius 2 is 1.60 bits per heavy atom. The van der Waals surface area contributed by atoms with E-state index >= 15 is 0 Å². The predicted molar refractivity (Wildman–Crippen MR) is 80.1 cm³/mol. The Kier molecular flexibility index (Phi) is 3.45. The molecule has 1 aromatic rings. The molecule has 0 aromatic heterocycles. The number of fused-ring (bicyclic) bond motifs is 2. The van der Waals surface area contributed by atoms with Crippen LogP contribution >= 0.6 is 0 Å². The third-order valence-corrected chi connectivity index (χ3v) is 4.70. The molecule has 0 spiro atoms. The van der Waals surface area contributed by atoms with Crippen LogP contribution in [-0.2, 0) is 10.2 Å². The zero-order chi connectivity index (χ0) is 14.3. The van der Waals surface area contributed by atoms with E-state index in [1.165, 1.54) is 5.56 Å². The highest BCUT2D eigenvalue weighted by Crippen LogP contribution is 2.37. The number of benzene rings is 1. The number of hydrogen-bond acceptors (Lipinski definition) is 2. The smallest absolute Gasteiger partial charge is 0.166 e. The molecule has 2 heterocycles. The minimum absolute atomic E-state index is 0.138. The Morgan fingerprint density at radius 1 is 1.05 bits per heavy atom. The summed E-state index contributed by atoms with van der Waals surface area (Å²) in [5, 5.41) is 0. The highest BCUT2D eigenvalue weighted by Gasteiger charge is 2.38. The van der Waals surface area contributed by atoms with Gasteiger partial charge in [0, 0.05) is 11.5 Å². The maximum Gasteiger partial charge on any atom is 0.166 e. The van der Waals surface area contributed by atoms with Gasteiger partial charge in [0.1, 0.15) is 0 Å². The van der Waals surface area contributed by atoms with Crippen molar-refractivity contribution in [2.24, 2.45) is 5.92 Å². The molecule has 2 fully saturated rings. The molecule has 0 amide bonds. The third kappa shape index (κ3) is 2.67. The molecule has 2 nitrogen and oxygen atoms in total. The van der Waals surface area contributed by atoms with Crippen LogP contribution in [0.2, 0.25) is 0 Å². The monoisotopic (exact) mass is 272 g/mol. The average Bonchev–Trinajstić information content (AvgIpc) is 2.76. The Bertz CT molecular complexity index is 483. The second-order valence-corrected chi connectivity index (χ2v) is 7.32. The summed E-state index contributed by atoms with van der Waals surface area (Å²) in [6.45, 7) is 6.58. The van der Waals surface area contributed by atoms with Gasteiger partial charge in [0.25, 0.3) is 0 Å². The molecule has 3 rings (SSSR count). The maximum absolute atomic E-state index is 12.6. The molecule has 2 saturated heterocycles. The van der Waals surface area contributed by atoms with Crippen molar-refractivity contribution >= 4 is 5.78 Å². The number of ketones is 1. The number of carbonyl (C=O) groups excluding carboxylic acids is 1. The Hall–Kier alpha value is -1.15. The largest absolute Gasteiger partial charge is 0.375 e. The minimum atomic E-state index is 0.138. The normalized spacial score (nSPS) is 29.4. The average molecular weight is 272 g/mol. The number of Topliss-reactive ketones (excluding diaryl/α,β-unsaturated/α-hetero) is 1. The van der Waals surface area contributed by atoms with Crippen LogP contribution in [0.3, 0.4) is 0 Å². The van der Waals surface area contributed by atoms with E-state index in [1.807, 2.05) is 12.1 Å². The molecule has 0 aliphatic carbocycles. The van der Waals surface area contributed by atoms with Gasteiger partial charge in [0.05, 0.1) is 12.2 Å². The van der Waals surface area contributed by atoms with Crippen LogP contribution in [0.25, 0.3) is 0 Å². The molecule has 0 saturated carbocycles. The van der Waals surface area contributed by atoms with Gasteiger partial charge >= 0.3 is 0 Å². The van der Waals surface area contributed by atoms with Gasteiger partial charge in [-0.25, -0.2) is 0 Å². The second-order valence-electron chi connectivity index (χ2n) is 7.32. The topological polar surface area (TPSA) is 26.3 Å². The van der Waals surface area contributed by atoms with Gasteiger partial charge in [0.15, 0.2) is 5.78 Å². The van der Waals surface area contributed by atoms with Crippen LogP contribution in [0.4, 0.5) is 0 Å². The molecule has 2 aliphatic rings. The lowest BCUT2D eigenvalue weighted by atomic mass is 9.84. The number of rotatable bonds is 2. The molecule has 2 heteroatoms. The van der Waals surface area contributed by atoms with Gasteiger partial charge in [-0.1, -0.05) is 45.0 Å². The summed E-state index contributed by atoms with van der Waals surface area (Å²) in [5.74, 6) is 0.479. The van der Waals surface area contributed by atoms with Crippen LogP contribution in [0.1, 0.15) is 62.4 Å². The highest BCUT2D eigenvalue weighted by atomic mass is 16.5. The summed E-state index contributed by atoms with van der Waals surface area (Å²) in [6, 6.07) is 8.20. The summed E-state index contributed by atoms with van der Waals surface area (Å²) in [6.07, 6.45) is 4.76. The summed E-state index contributed by atoms with van der Waals surface area (Å²) in [4.78, 5) is 12.6. The van der Waals surface area contributed by atoms with Crippen molar-refractivity contribution in [3.63, 3.8) is 0 Å². The van der Waals surface area contributed by atoms with Crippen molar-refractivity contribution in [2.75, 3.05) is 0 Å². The van der Waals surface area contributed by atoms with Crippen molar-refractivity contribution in [3.8, 4) is 0 Å². The quantitative estimate of drug-likeness (QED) is 0.757. The van der Waals surface area contributed by atoms with Gasteiger partial charge in [-0.3, -0.25) is 4.79 Å². The fourth-order valence-electron chi connectivity index (χ4n) is 3.44. The summed E-state index contributed by atoms with van der Waals surface area (Å²) < 4.78 is 5.83. The first-order chi connectivity index (χ1) is 9.43. The van der Waals surface area contributed by atoms with Crippen LogP contribution in [-0.4, -0.2) is 18.0 Å². The zero-order valence-electron chi connectivity index (χ0n) is 12.7. The predicted octanol–water partition coefficient (Wildman–Crippen LogP) is 4.12. The van der Waals surface area contributed by atoms with E-state index in [1.54, 1.807) is 0 Å². The Balaban J connectivity index is 1.74. The van der Waals surface area contributed by atoms with Gasteiger partial charge in [-0.15, -0.1) is 0 Å². The first-order valence-electron chi connectivity index (χ1n) is 7.74. The standard InChI is InChI=1S/C18H24O2/c1-18(2,3)14-6-4-12(5-7-14)17(19)13-10-15-8-9-16(11-13)20-15/h4-7,13,15-16H,8-11H2,1-3H3. The van der Waals surface area contributed by atoms with E-state index < -0.39 is 0 Å². The lowest BCUT2D eigenvalue weighted by molar-refractivity contribution is -0.0149. The molecule has 108 valence electrons. The van der Waals surface area contributed by atoms with E-state index in [4.69, 9.17) is 4.74 Å². The molecular formula is C18H24O2. The first-order valence-corrected chi connectivity index (χ1v) is 7.74. The number of carbonyl (C=O) groups is 1. The number of ether oxygens (including phenoxy) is 1. The van der Waals surface area contributed by atoms with Gasteiger partial charge < -0.3 is 4.74 Å². The van der Waals surface area contributed by atoms with Crippen LogP contribution in [0, 0.1) is 5.92 Å². The fraction of sp³-hybridized carbons (Fsp3) is 0.611. The first kappa shape index (κ1) is 13.8. The molecular weight excluding hydrogens is 248 g/mol. The van der Waals surface area contributed by atoms with Gasteiger partial charge in [0.2, 0.25) is 0 Å². The molecule has 2 unspecified atom stereocenters. The van der Waals surface area contributed by atoms with E-state index in [9.17, 15) is 4.79 Å². The number of hydrogen-bond donors (Lipinski definition) is 0. The van der Waals surface area contributed by atoms with E-state index in [2.05, 4.69) is 32.9 Å². The SMILES string of the molecule is CC(C)(C)c1ccc(C(=O)C2CC3CCC(C2)O3)cc1. The van der Waals surface area contributed by atoms with E-state index in [0.29, 0.717) is 18.0 Å². The lowest BCUT2D eigenvalue weighted by Gasteiger charge is -2.27. The molecule has 2 aliphatic heterocycles. The molecule has 0 radical (unpaired) electrons. The molecule has 20 heavy (non-hydrogen) atoms. The highest BCUT2D eigenvalue weighted by molar-refractivity contribution is 5.98. The van der Waals surface area contributed by atoms with Gasteiger partial charge in [-0.2, -0.15) is 0 Å². The molecule has 2 atom stereocenters. The van der Waals surface area contributed by atoms with E-state index in [0.717, 1.165) is 31.2 Å². The Labute approximate surface area is 121 Å². The summed E-state index contributed by atoms with van der Waals surface area (Å²) in [5.41, 5.74) is 2.28. The maximum atomic E-state index is 12.6.